The van der Waals surface area contributed by atoms with E-state index in [4.69, 9.17) is 14.6 Å². The van der Waals surface area contributed by atoms with Crippen molar-refractivity contribution < 1.29 is 19.4 Å². The van der Waals surface area contributed by atoms with Crippen molar-refractivity contribution >= 4 is 17.7 Å². The molecule has 0 saturated carbocycles. The molecule has 2 aromatic carbocycles. The molecule has 0 unspecified atom stereocenters. The highest BCUT2D eigenvalue weighted by Crippen LogP contribution is 2.35. The van der Waals surface area contributed by atoms with E-state index in [0.29, 0.717) is 12.4 Å². The van der Waals surface area contributed by atoms with Gasteiger partial charge in [-0.25, -0.2) is 0 Å². The van der Waals surface area contributed by atoms with Crippen LogP contribution in [0.5, 0.6) is 11.5 Å². The molecule has 25 heavy (non-hydrogen) atoms. The van der Waals surface area contributed by atoms with Gasteiger partial charge in [-0.1, -0.05) is 24.3 Å². The van der Waals surface area contributed by atoms with Crippen LogP contribution in [0.4, 0.5) is 0 Å². The van der Waals surface area contributed by atoms with Gasteiger partial charge in [0.15, 0.2) is 0 Å². The van der Waals surface area contributed by atoms with Gasteiger partial charge in [0.05, 0.1) is 12.5 Å². The quantitative estimate of drug-likeness (QED) is 0.824. The molecule has 5 nitrogen and oxygen atoms in total. The number of hydrogen-bond acceptors (Lipinski definition) is 5. The van der Waals surface area contributed by atoms with Crippen LogP contribution < -0.4 is 14.8 Å². The topological polar surface area (TPSA) is 67.8 Å². The summed E-state index contributed by atoms with van der Waals surface area (Å²) in [5.74, 6) is 1.34. The maximum absolute atomic E-state index is 11.1. The molecule has 132 valence electrons. The minimum absolute atomic E-state index is 0.0378. The lowest BCUT2D eigenvalue weighted by Gasteiger charge is -2.16. The number of carboxylic acid groups (broad SMARTS) is 1. The summed E-state index contributed by atoms with van der Waals surface area (Å²) in [7, 11) is 1.63. The average molecular weight is 359 g/mol. The largest absolute Gasteiger partial charge is 0.496 e. The van der Waals surface area contributed by atoms with E-state index in [9.17, 15) is 4.79 Å². The van der Waals surface area contributed by atoms with Crippen LogP contribution in [0.2, 0.25) is 0 Å². The summed E-state index contributed by atoms with van der Waals surface area (Å²) < 4.78 is 11.4. The number of ether oxygens (including phenoxy) is 2. The molecule has 1 aliphatic heterocycles. The average Bonchev–Trinajstić information content (AvgIpc) is 3.11. The number of para-hydroxylation sites is 1. The van der Waals surface area contributed by atoms with Gasteiger partial charge in [-0.2, -0.15) is 0 Å². The second-order valence-electron chi connectivity index (χ2n) is 5.90. The van der Waals surface area contributed by atoms with Gasteiger partial charge in [0.25, 0.3) is 0 Å². The van der Waals surface area contributed by atoms with Gasteiger partial charge < -0.3 is 14.6 Å². The first-order valence-electron chi connectivity index (χ1n) is 8.04. The van der Waals surface area contributed by atoms with Gasteiger partial charge in [0.2, 0.25) is 0 Å². The molecule has 3 rings (SSSR count). The molecular weight excluding hydrogens is 338 g/mol. The second-order valence-corrected chi connectivity index (χ2v) is 7.03. The van der Waals surface area contributed by atoms with E-state index in [0.717, 1.165) is 28.2 Å². The summed E-state index contributed by atoms with van der Waals surface area (Å²) in [6, 6.07) is 13.3. The fourth-order valence-corrected chi connectivity index (χ4v) is 3.98. The highest BCUT2D eigenvalue weighted by molar-refractivity contribution is 7.99. The van der Waals surface area contributed by atoms with Gasteiger partial charge in [-0.3, -0.25) is 10.1 Å². The van der Waals surface area contributed by atoms with Gasteiger partial charge in [0, 0.05) is 11.3 Å². The predicted octanol–water partition coefficient (Wildman–Crippen LogP) is 3.37. The zero-order valence-corrected chi connectivity index (χ0v) is 15.0. The number of aryl methyl sites for hydroxylation is 1. The first-order chi connectivity index (χ1) is 12.1. The Kier molecular flexibility index (Phi) is 5.50. The van der Waals surface area contributed by atoms with Crippen molar-refractivity contribution in [2.24, 2.45) is 0 Å². The number of benzene rings is 2. The molecule has 1 heterocycles. The van der Waals surface area contributed by atoms with E-state index in [1.165, 1.54) is 0 Å². The maximum atomic E-state index is 11.1. The van der Waals surface area contributed by atoms with Gasteiger partial charge in [0.1, 0.15) is 24.1 Å². The number of carboxylic acids is 1. The lowest BCUT2D eigenvalue weighted by molar-refractivity contribution is -0.138. The normalized spacial score (nSPS) is 19.6. The predicted molar refractivity (Wildman–Crippen MR) is 98.3 cm³/mol. The third kappa shape index (κ3) is 4.08. The van der Waals surface area contributed by atoms with Crippen molar-refractivity contribution in [3.8, 4) is 11.5 Å². The molecule has 0 aromatic heterocycles. The SMILES string of the molecule is COc1ccc([C@@H]2N[C@H](C(=O)O)CS2)cc1COc1ccccc1C. The summed E-state index contributed by atoms with van der Waals surface area (Å²) in [5.41, 5.74) is 3.04. The minimum Gasteiger partial charge on any atom is -0.496 e. The number of methoxy groups -OCH3 is 1. The first-order valence-corrected chi connectivity index (χ1v) is 9.09. The molecule has 2 aromatic rings. The molecule has 0 spiro atoms. The van der Waals surface area contributed by atoms with Gasteiger partial charge in [-0.15, -0.1) is 11.8 Å². The van der Waals surface area contributed by atoms with Gasteiger partial charge in [-0.05, 0) is 36.2 Å². The van der Waals surface area contributed by atoms with Crippen LogP contribution in [0, 0.1) is 6.92 Å². The molecule has 6 heteroatoms. The molecule has 0 amide bonds. The molecule has 0 aliphatic carbocycles. The van der Waals surface area contributed by atoms with Crippen molar-refractivity contribution in [2.75, 3.05) is 12.9 Å². The van der Waals surface area contributed by atoms with Gasteiger partial charge >= 0.3 is 5.97 Å². The van der Waals surface area contributed by atoms with Crippen LogP contribution >= 0.6 is 11.8 Å². The molecule has 0 bridgehead atoms. The molecule has 2 N–H and O–H groups in total. The van der Waals surface area contributed by atoms with E-state index < -0.39 is 12.0 Å². The smallest absolute Gasteiger partial charge is 0.321 e. The van der Waals surface area contributed by atoms with Crippen molar-refractivity contribution in [2.45, 2.75) is 24.9 Å². The van der Waals surface area contributed by atoms with E-state index in [1.54, 1.807) is 18.9 Å². The zero-order chi connectivity index (χ0) is 17.8. The van der Waals surface area contributed by atoms with Crippen molar-refractivity contribution in [1.82, 2.24) is 5.32 Å². The Labute approximate surface area is 151 Å². The fraction of sp³-hybridized carbons (Fsp3) is 0.316. The monoisotopic (exact) mass is 359 g/mol. The highest BCUT2D eigenvalue weighted by Gasteiger charge is 2.30. The molecule has 1 aliphatic rings. The molecular formula is C19H21NO4S. The Morgan fingerprint density at radius 1 is 1.28 bits per heavy atom. The molecule has 0 radical (unpaired) electrons. The minimum atomic E-state index is -0.813. The third-order valence-corrected chi connectivity index (χ3v) is 5.43. The Hall–Kier alpha value is -2.18. The lowest BCUT2D eigenvalue weighted by atomic mass is 10.1. The Bertz CT molecular complexity index is 765. The number of hydrogen-bond donors (Lipinski definition) is 2. The molecule has 1 saturated heterocycles. The molecule has 2 atom stereocenters. The zero-order valence-electron chi connectivity index (χ0n) is 14.2. The Morgan fingerprint density at radius 2 is 2.08 bits per heavy atom. The van der Waals surface area contributed by atoms with Crippen LogP contribution in [0.15, 0.2) is 42.5 Å². The van der Waals surface area contributed by atoms with Crippen LogP contribution in [0.25, 0.3) is 0 Å². The Morgan fingerprint density at radius 3 is 2.76 bits per heavy atom. The van der Waals surface area contributed by atoms with E-state index >= 15 is 0 Å². The van der Waals surface area contributed by atoms with Crippen LogP contribution in [0.3, 0.4) is 0 Å². The summed E-state index contributed by atoms with van der Waals surface area (Å²) in [5, 5.41) is 12.2. The number of carbonyl (C=O) groups is 1. The summed E-state index contributed by atoms with van der Waals surface area (Å²) in [4.78, 5) is 11.1. The number of nitrogens with one attached hydrogen (secondary N) is 1. The number of rotatable bonds is 6. The molecule has 1 fully saturated rings. The van der Waals surface area contributed by atoms with Crippen molar-refractivity contribution in [1.29, 1.82) is 0 Å². The highest BCUT2D eigenvalue weighted by atomic mass is 32.2. The van der Waals surface area contributed by atoms with E-state index in [1.807, 2.05) is 49.4 Å². The second kappa shape index (κ2) is 7.80. The maximum Gasteiger partial charge on any atom is 0.321 e. The van der Waals surface area contributed by atoms with Crippen LogP contribution in [-0.4, -0.2) is 30.0 Å². The van der Waals surface area contributed by atoms with E-state index in [-0.39, 0.29) is 5.37 Å². The lowest BCUT2D eigenvalue weighted by Crippen LogP contribution is -2.33. The fourth-order valence-electron chi connectivity index (χ4n) is 2.75. The number of aliphatic carboxylic acids is 1. The summed E-state index contributed by atoms with van der Waals surface area (Å²) >= 11 is 1.60. The van der Waals surface area contributed by atoms with Crippen LogP contribution in [0.1, 0.15) is 22.1 Å². The summed E-state index contributed by atoms with van der Waals surface area (Å²) in [6.07, 6.45) is 0. The van der Waals surface area contributed by atoms with Crippen molar-refractivity contribution in [3.63, 3.8) is 0 Å². The van der Waals surface area contributed by atoms with Crippen molar-refractivity contribution in [3.05, 3.63) is 59.2 Å². The number of thioether (sulfide) groups is 1. The van der Waals surface area contributed by atoms with Crippen LogP contribution in [-0.2, 0) is 11.4 Å². The standard InChI is InChI=1S/C19H21NO4S/c1-12-5-3-4-6-16(12)24-10-14-9-13(7-8-17(14)23-2)18-20-15(11-25-18)19(21)22/h3-9,15,18,20H,10-11H2,1-2H3,(H,21,22)/t15-,18+/m0/s1. The summed E-state index contributed by atoms with van der Waals surface area (Å²) in [6.45, 7) is 2.40. The first kappa shape index (κ1) is 17.6. The van der Waals surface area contributed by atoms with E-state index in [2.05, 4.69) is 5.32 Å². The third-order valence-electron chi connectivity index (χ3n) is 4.16. The Balaban J connectivity index is 1.76.